The summed E-state index contributed by atoms with van der Waals surface area (Å²) in [5, 5.41) is 12.0. The van der Waals surface area contributed by atoms with Crippen LogP contribution in [0.15, 0.2) is 0 Å². The first-order valence-corrected chi connectivity index (χ1v) is 10.2. The number of nitrogens with one attached hydrogen (secondary N) is 1. The Balaban J connectivity index is 3.33. The Labute approximate surface area is 149 Å². The Morgan fingerprint density at radius 3 is 1.92 bits per heavy atom. The van der Waals surface area contributed by atoms with Crippen LogP contribution in [0.3, 0.4) is 0 Å². The van der Waals surface area contributed by atoms with Gasteiger partial charge < -0.3 is 15.2 Å². The molecular formula is C20H41NO3. The Morgan fingerprint density at radius 2 is 1.42 bits per heavy atom. The van der Waals surface area contributed by atoms with Gasteiger partial charge in [0.25, 0.3) is 0 Å². The number of amides is 1. The normalized spacial score (nSPS) is 12.3. The van der Waals surface area contributed by atoms with Crippen LogP contribution < -0.4 is 5.32 Å². The van der Waals surface area contributed by atoms with Crippen LogP contribution >= 0.6 is 0 Å². The molecule has 0 aliphatic carbocycles. The first-order chi connectivity index (χ1) is 11.7. The lowest BCUT2D eigenvalue weighted by molar-refractivity contribution is -0.122. The summed E-state index contributed by atoms with van der Waals surface area (Å²) >= 11 is 0. The third-order valence-electron chi connectivity index (χ3n) is 4.30. The molecule has 144 valence electrons. The second-order valence-corrected chi connectivity index (χ2v) is 6.76. The van der Waals surface area contributed by atoms with E-state index in [1.165, 1.54) is 57.8 Å². The maximum absolute atomic E-state index is 11.7. The molecule has 4 heteroatoms. The fourth-order valence-corrected chi connectivity index (χ4v) is 2.73. The van der Waals surface area contributed by atoms with Crippen molar-refractivity contribution >= 4 is 5.91 Å². The third-order valence-corrected chi connectivity index (χ3v) is 4.30. The number of carbonyl (C=O) groups excluding carboxylic acids is 1. The molecule has 0 spiro atoms. The molecule has 24 heavy (non-hydrogen) atoms. The predicted molar refractivity (Wildman–Crippen MR) is 101 cm³/mol. The number of rotatable bonds is 18. The SMILES string of the molecule is CCCCCCCCCCCCCC(=O)NCC(CO)OCCC. The summed E-state index contributed by atoms with van der Waals surface area (Å²) in [4.78, 5) is 11.7. The van der Waals surface area contributed by atoms with E-state index in [1.54, 1.807) is 0 Å². The summed E-state index contributed by atoms with van der Waals surface area (Å²) in [6.07, 6.45) is 15.4. The van der Waals surface area contributed by atoms with E-state index in [0.29, 0.717) is 19.6 Å². The molecule has 0 radical (unpaired) electrons. The van der Waals surface area contributed by atoms with Crippen molar-refractivity contribution in [2.75, 3.05) is 19.8 Å². The summed E-state index contributed by atoms with van der Waals surface area (Å²) in [5.74, 6) is 0.0736. The minimum Gasteiger partial charge on any atom is -0.394 e. The van der Waals surface area contributed by atoms with Crippen LogP contribution in [0.1, 0.15) is 97.3 Å². The van der Waals surface area contributed by atoms with Crippen LogP contribution in [0.25, 0.3) is 0 Å². The van der Waals surface area contributed by atoms with Gasteiger partial charge in [0.1, 0.15) is 0 Å². The number of aliphatic hydroxyl groups is 1. The zero-order chi connectivity index (χ0) is 17.9. The van der Waals surface area contributed by atoms with Gasteiger partial charge in [-0.25, -0.2) is 0 Å². The summed E-state index contributed by atoms with van der Waals surface area (Å²) in [6, 6.07) is 0. The monoisotopic (exact) mass is 343 g/mol. The van der Waals surface area contributed by atoms with E-state index >= 15 is 0 Å². The molecule has 0 heterocycles. The average Bonchev–Trinajstić information content (AvgIpc) is 2.59. The van der Waals surface area contributed by atoms with Crippen molar-refractivity contribution in [1.82, 2.24) is 5.32 Å². The van der Waals surface area contributed by atoms with Gasteiger partial charge in [0.05, 0.1) is 12.7 Å². The highest BCUT2D eigenvalue weighted by molar-refractivity contribution is 5.75. The number of unbranched alkanes of at least 4 members (excludes halogenated alkanes) is 10. The first-order valence-electron chi connectivity index (χ1n) is 10.2. The van der Waals surface area contributed by atoms with Crippen LogP contribution in [0, 0.1) is 0 Å². The highest BCUT2D eigenvalue weighted by Gasteiger charge is 2.09. The van der Waals surface area contributed by atoms with E-state index in [0.717, 1.165) is 19.3 Å². The van der Waals surface area contributed by atoms with Crippen molar-refractivity contribution in [2.45, 2.75) is 103 Å². The summed E-state index contributed by atoms with van der Waals surface area (Å²) in [7, 11) is 0. The molecule has 2 N–H and O–H groups in total. The van der Waals surface area contributed by atoms with Gasteiger partial charge in [-0.05, 0) is 12.8 Å². The lowest BCUT2D eigenvalue weighted by Crippen LogP contribution is -2.35. The van der Waals surface area contributed by atoms with Crippen LogP contribution in [-0.4, -0.2) is 36.9 Å². The topological polar surface area (TPSA) is 58.6 Å². The van der Waals surface area contributed by atoms with E-state index in [2.05, 4.69) is 12.2 Å². The average molecular weight is 344 g/mol. The molecule has 1 amide bonds. The molecule has 1 unspecified atom stereocenters. The van der Waals surface area contributed by atoms with Gasteiger partial charge in [0, 0.05) is 19.6 Å². The lowest BCUT2D eigenvalue weighted by Gasteiger charge is -2.15. The Kier molecular flexibility index (Phi) is 18.2. The maximum Gasteiger partial charge on any atom is 0.220 e. The molecule has 0 bridgehead atoms. The number of carbonyl (C=O) groups is 1. The summed E-state index contributed by atoms with van der Waals surface area (Å²) < 4.78 is 5.44. The van der Waals surface area contributed by atoms with Gasteiger partial charge in [-0.1, -0.05) is 78.1 Å². The van der Waals surface area contributed by atoms with Gasteiger partial charge in [0.15, 0.2) is 0 Å². The molecule has 0 aliphatic rings. The molecule has 0 saturated heterocycles. The molecular weight excluding hydrogens is 302 g/mol. The fraction of sp³-hybridized carbons (Fsp3) is 0.950. The largest absolute Gasteiger partial charge is 0.394 e. The van der Waals surface area contributed by atoms with E-state index < -0.39 is 0 Å². The Hall–Kier alpha value is -0.610. The van der Waals surface area contributed by atoms with Crippen molar-refractivity contribution in [2.24, 2.45) is 0 Å². The van der Waals surface area contributed by atoms with Gasteiger partial charge in [-0.2, -0.15) is 0 Å². The third kappa shape index (κ3) is 16.3. The lowest BCUT2D eigenvalue weighted by atomic mass is 10.1. The fourth-order valence-electron chi connectivity index (χ4n) is 2.73. The molecule has 0 aromatic heterocycles. The van der Waals surface area contributed by atoms with Crippen molar-refractivity contribution in [3.63, 3.8) is 0 Å². The van der Waals surface area contributed by atoms with E-state index in [9.17, 15) is 4.79 Å². The second-order valence-electron chi connectivity index (χ2n) is 6.76. The summed E-state index contributed by atoms with van der Waals surface area (Å²) in [6.45, 7) is 5.27. The number of ether oxygens (including phenoxy) is 1. The van der Waals surface area contributed by atoms with Crippen LogP contribution in [0.5, 0.6) is 0 Å². The van der Waals surface area contributed by atoms with E-state index in [4.69, 9.17) is 9.84 Å². The molecule has 0 fully saturated rings. The Bertz CT molecular complexity index is 272. The van der Waals surface area contributed by atoms with Gasteiger partial charge in [-0.3, -0.25) is 4.79 Å². The van der Waals surface area contributed by atoms with Crippen molar-refractivity contribution < 1.29 is 14.6 Å². The smallest absolute Gasteiger partial charge is 0.220 e. The summed E-state index contributed by atoms with van der Waals surface area (Å²) in [5.41, 5.74) is 0. The molecule has 1 atom stereocenters. The minimum atomic E-state index is -0.272. The van der Waals surface area contributed by atoms with Crippen LogP contribution in [0.4, 0.5) is 0 Å². The number of hydrogen-bond donors (Lipinski definition) is 2. The zero-order valence-electron chi connectivity index (χ0n) is 16.2. The molecule has 4 nitrogen and oxygen atoms in total. The molecule has 0 aliphatic heterocycles. The standard InChI is InChI=1S/C20H41NO3/c1-3-5-6-7-8-9-10-11-12-13-14-15-20(23)21-17-19(18-22)24-16-4-2/h19,22H,3-18H2,1-2H3,(H,21,23). The minimum absolute atomic E-state index is 0.0429. The van der Waals surface area contributed by atoms with Crippen molar-refractivity contribution in [1.29, 1.82) is 0 Å². The quantitative estimate of drug-likeness (QED) is 0.358. The van der Waals surface area contributed by atoms with Gasteiger partial charge >= 0.3 is 0 Å². The molecule has 0 aromatic rings. The first kappa shape index (κ1) is 23.4. The van der Waals surface area contributed by atoms with Gasteiger partial charge in [0.2, 0.25) is 5.91 Å². The highest BCUT2D eigenvalue weighted by Crippen LogP contribution is 2.11. The van der Waals surface area contributed by atoms with Crippen molar-refractivity contribution in [3.05, 3.63) is 0 Å². The molecule has 0 saturated carbocycles. The van der Waals surface area contributed by atoms with E-state index in [-0.39, 0.29) is 18.6 Å². The number of aliphatic hydroxyl groups excluding tert-OH is 1. The highest BCUT2D eigenvalue weighted by atomic mass is 16.5. The van der Waals surface area contributed by atoms with Gasteiger partial charge in [-0.15, -0.1) is 0 Å². The number of hydrogen-bond acceptors (Lipinski definition) is 3. The van der Waals surface area contributed by atoms with E-state index in [1.807, 2.05) is 6.92 Å². The van der Waals surface area contributed by atoms with Crippen LogP contribution in [-0.2, 0) is 9.53 Å². The maximum atomic E-state index is 11.7. The zero-order valence-corrected chi connectivity index (χ0v) is 16.2. The molecule has 0 rings (SSSR count). The van der Waals surface area contributed by atoms with Crippen LogP contribution in [0.2, 0.25) is 0 Å². The second kappa shape index (κ2) is 18.7. The van der Waals surface area contributed by atoms with Crippen molar-refractivity contribution in [3.8, 4) is 0 Å². The predicted octanol–water partition coefficient (Wildman–Crippen LogP) is 4.59. The Morgan fingerprint density at radius 1 is 0.875 bits per heavy atom. The molecule has 0 aromatic carbocycles.